The lowest BCUT2D eigenvalue weighted by Crippen LogP contribution is -2.43. The van der Waals surface area contributed by atoms with Crippen LogP contribution in [0.25, 0.3) is 6.08 Å². The number of hydrogen-bond acceptors (Lipinski definition) is 5. The highest BCUT2D eigenvalue weighted by Crippen LogP contribution is 2.30. The summed E-state index contributed by atoms with van der Waals surface area (Å²) in [4.78, 5) is 24.5. The Bertz CT molecular complexity index is 1020. The third-order valence-corrected chi connectivity index (χ3v) is 4.89. The number of methoxy groups -OCH3 is 1. The molecule has 0 fully saturated rings. The van der Waals surface area contributed by atoms with Gasteiger partial charge < -0.3 is 9.64 Å². The SMILES string of the molecule is COc1ccc(CN2C=C(Cl)N3C(=NC/C3=C/c3ccnc(Cl)c3)C2=O)cc1. The van der Waals surface area contributed by atoms with Gasteiger partial charge in [-0.05, 0) is 41.5 Å². The standard InChI is InChI=1S/C20H16Cl2N4O2/c1-28-16-4-2-13(3-5-16)11-25-12-18(22)26-15(10-24-19(26)20(25)27)8-14-6-7-23-17(21)9-14/h2-9,12H,10-11H2,1H3/b15-8-. The quantitative estimate of drug-likeness (QED) is 0.562. The molecular formula is C20H16Cl2N4O2. The first kappa shape index (κ1) is 18.5. The van der Waals surface area contributed by atoms with Gasteiger partial charge in [0.2, 0.25) is 5.84 Å². The smallest absolute Gasteiger partial charge is 0.294 e. The highest BCUT2D eigenvalue weighted by molar-refractivity contribution is 6.43. The van der Waals surface area contributed by atoms with Crippen molar-refractivity contribution in [2.24, 2.45) is 4.99 Å². The van der Waals surface area contributed by atoms with E-state index in [1.54, 1.807) is 35.4 Å². The number of hydrogen-bond donors (Lipinski definition) is 0. The number of amides is 1. The molecule has 0 radical (unpaired) electrons. The fraction of sp³-hybridized carbons (Fsp3) is 0.150. The van der Waals surface area contributed by atoms with Gasteiger partial charge in [-0.25, -0.2) is 4.98 Å². The lowest BCUT2D eigenvalue weighted by Gasteiger charge is -2.30. The van der Waals surface area contributed by atoms with Crippen LogP contribution in [0.3, 0.4) is 0 Å². The van der Waals surface area contributed by atoms with E-state index in [4.69, 9.17) is 27.9 Å². The Balaban J connectivity index is 1.58. The highest BCUT2D eigenvalue weighted by atomic mass is 35.5. The van der Waals surface area contributed by atoms with E-state index in [9.17, 15) is 4.79 Å². The van der Waals surface area contributed by atoms with Crippen LogP contribution in [0.4, 0.5) is 0 Å². The van der Waals surface area contributed by atoms with Gasteiger partial charge in [-0.2, -0.15) is 0 Å². The number of amidine groups is 1. The van der Waals surface area contributed by atoms with Gasteiger partial charge in [0.15, 0.2) is 0 Å². The molecule has 142 valence electrons. The van der Waals surface area contributed by atoms with Crippen LogP contribution in [0.2, 0.25) is 5.15 Å². The third-order valence-electron chi connectivity index (χ3n) is 4.41. The van der Waals surface area contributed by atoms with Gasteiger partial charge in [-0.15, -0.1) is 0 Å². The predicted octanol–water partition coefficient (Wildman–Crippen LogP) is 3.88. The monoisotopic (exact) mass is 414 g/mol. The van der Waals surface area contributed by atoms with Crippen molar-refractivity contribution in [1.29, 1.82) is 0 Å². The second-order valence-corrected chi connectivity index (χ2v) is 7.03. The molecule has 2 aromatic rings. The number of nitrogens with zero attached hydrogens (tertiary/aromatic N) is 4. The van der Waals surface area contributed by atoms with Crippen molar-refractivity contribution < 1.29 is 9.53 Å². The molecular weight excluding hydrogens is 399 g/mol. The Labute approximate surface area is 172 Å². The molecule has 0 atom stereocenters. The number of halogens is 2. The van der Waals surface area contributed by atoms with Gasteiger partial charge in [-0.1, -0.05) is 35.3 Å². The molecule has 1 aromatic carbocycles. The zero-order chi connectivity index (χ0) is 19.7. The van der Waals surface area contributed by atoms with E-state index in [1.165, 1.54) is 0 Å². The predicted molar refractivity (Wildman–Crippen MR) is 109 cm³/mol. The number of pyridine rings is 1. The summed E-state index contributed by atoms with van der Waals surface area (Å²) in [6.45, 7) is 0.756. The average Bonchev–Trinajstić information content (AvgIpc) is 3.11. The molecule has 3 heterocycles. The number of carbonyl (C=O) groups is 1. The van der Waals surface area contributed by atoms with Crippen LogP contribution in [0.1, 0.15) is 11.1 Å². The lowest BCUT2D eigenvalue weighted by molar-refractivity contribution is -0.123. The second kappa shape index (κ2) is 7.66. The van der Waals surface area contributed by atoms with Crippen molar-refractivity contribution in [3.8, 4) is 5.75 Å². The first-order valence-electron chi connectivity index (χ1n) is 8.53. The summed E-state index contributed by atoms with van der Waals surface area (Å²) in [5, 5.41) is 0.811. The van der Waals surface area contributed by atoms with E-state index in [2.05, 4.69) is 9.98 Å². The van der Waals surface area contributed by atoms with E-state index < -0.39 is 0 Å². The van der Waals surface area contributed by atoms with E-state index >= 15 is 0 Å². The van der Waals surface area contributed by atoms with Crippen LogP contribution in [0.15, 0.2) is 64.6 Å². The van der Waals surface area contributed by atoms with Gasteiger partial charge in [-0.3, -0.25) is 14.7 Å². The maximum atomic E-state index is 12.9. The van der Waals surface area contributed by atoms with E-state index in [0.29, 0.717) is 29.2 Å². The van der Waals surface area contributed by atoms with Gasteiger partial charge in [0.05, 0.1) is 20.2 Å². The molecule has 1 aromatic heterocycles. The molecule has 0 spiro atoms. The maximum absolute atomic E-state index is 12.9. The molecule has 0 saturated heterocycles. The van der Waals surface area contributed by atoms with Crippen LogP contribution in [-0.4, -0.2) is 40.2 Å². The van der Waals surface area contributed by atoms with Crippen LogP contribution in [0.5, 0.6) is 5.75 Å². The normalized spacial score (nSPS) is 17.5. The van der Waals surface area contributed by atoms with Crippen molar-refractivity contribution in [3.63, 3.8) is 0 Å². The molecule has 6 nitrogen and oxygen atoms in total. The molecule has 0 aliphatic carbocycles. The summed E-state index contributed by atoms with van der Waals surface area (Å²) in [5.74, 6) is 0.878. The number of carbonyl (C=O) groups excluding carboxylic acids is 1. The van der Waals surface area contributed by atoms with Gasteiger partial charge in [0, 0.05) is 18.1 Å². The second-order valence-electron chi connectivity index (χ2n) is 6.26. The molecule has 0 unspecified atom stereocenters. The number of rotatable bonds is 4. The Morgan fingerprint density at radius 2 is 2.00 bits per heavy atom. The molecule has 2 aliphatic rings. The van der Waals surface area contributed by atoms with Crippen LogP contribution in [-0.2, 0) is 11.3 Å². The molecule has 2 aliphatic heterocycles. The number of fused-ring (bicyclic) bond motifs is 1. The zero-order valence-electron chi connectivity index (χ0n) is 15.0. The largest absolute Gasteiger partial charge is 0.497 e. The van der Waals surface area contributed by atoms with E-state index in [1.807, 2.05) is 36.4 Å². The Kier molecular flexibility index (Phi) is 5.07. The van der Waals surface area contributed by atoms with Gasteiger partial charge in [0.1, 0.15) is 16.1 Å². The minimum atomic E-state index is -0.198. The van der Waals surface area contributed by atoms with Crippen molar-refractivity contribution in [1.82, 2.24) is 14.8 Å². The topological polar surface area (TPSA) is 58.0 Å². The average molecular weight is 415 g/mol. The Morgan fingerprint density at radius 3 is 2.71 bits per heavy atom. The fourth-order valence-electron chi connectivity index (χ4n) is 3.06. The van der Waals surface area contributed by atoms with Crippen molar-refractivity contribution in [3.05, 3.63) is 75.9 Å². The first-order valence-corrected chi connectivity index (χ1v) is 9.28. The Hall–Kier alpha value is -2.83. The maximum Gasteiger partial charge on any atom is 0.294 e. The zero-order valence-corrected chi connectivity index (χ0v) is 16.5. The van der Waals surface area contributed by atoms with Gasteiger partial charge >= 0.3 is 0 Å². The molecule has 0 saturated carbocycles. The lowest BCUT2D eigenvalue weighted by atomic mass is 10.2. The number of aromatic nitrogens is 1. The number of benzene rings is 1. The number of ether oxygens (including phenoxy) is 1. The third kappa shape index (κ3) is 3.61. The van der Waals surface area contributed by atoms with Crippen molar-refractivity contribution in [2.45, 2.75) is 6.54 Å². The summed E-state index contributed by atoms with van der Waals surface area (Å²) >= 11 is 12.4. The first-order chi connectivity index (χ1) is 13.5. The van der Waals surface area contributed by atoms with Crippen LogP contribution < -0.4 is 4.74 Å². The van der Waals surface area contributed by atoms with Crippen LogP contribution in [0, 0.1) is 0 Å². The molecule has 8 heteroatoms. The molecule has 0 N–H and O–H groups in total. The molecule has 0 bridgehead atoms. The fourth-order valence-corrected chi connectivity index (χ4v) is 3.55. The number of aliphatic imine (C=N–C) groups is 1. The van der Waals surface area contributed by atoms with E-state index in [-0.39, 0.29) is 5.91 Å². The molecule has 28 heavy (non-hydrogen) atoms. The summed E-state index contributed by atoms with van der Waals surface area (Å²) in [5.41, 5.74) is 2.63. The minimum absolute atomic E-state index is 0.198. The Morgan fingerprint density at radius 1 is 1.21 bits per heavy atom. The summed E-state index contributed by atoms with van der Waals surface area (Å²) in [7, 11) is 1.61. The van der Waals surface area contributed by atoms with Crippen molar-refractivity contribution >= 4 is 41.0 Å². The summed E-state index contributed by atoms with van der Waals surface area (Å²) in [6.07, 6.45) is 5.15. The highest BCUT2D eigenvalue weighted by Gasteiger charge is 2.36. The van der Waals surface area contributed by atoms with E-state index in [0.717, 1.165) is 22.6 Å². The summed E-state index contributed by atoms with van der Waals surface area (Å²) < 4.78 is 5.16. The summed E-state index contributed by atoms with van der Waals surface area (Å²) in [6, 6.07) is 11.1. The van der Waals surface area contributed by atoms with Crippen molar-refractivity contribution in [2.75, 3.05) is 13.7 Å². The molecule has 1 amide bonds. The van der Waals surface area contributed by atoms with Gasteiger partial charge in [0.25, 0.3) is 5.91 Å². The molecule has 4 rings (SSSR count). The van der Waals surface area contributed by atoms with Crippen LogP contribution >= 0.6 is 23.2 Å². The minimum Gasteiger partial charge on any atom is -0.497 e.